The van der Waals surface area contributed by atoms with E-state index in [-0.39, 0.29) is 12.0 Å². The Labute approximate surface area is 105 Å². The Kier molecular flexibility index (Phi) is 3.39. The summed E-state index contributed by atoms with van der Waals surface area (Å²) >= 11 is 0. The summed E-state index contributed by atoms with van der Waals surface area (Å²) < 4.78 is 6.11. The maximum Gasteiger partial charge on any atom is 0.0666 e. The SMILES string of the molecule is CC1=C[C@H](C)[C@@]2(CO)CO[C@H](C(C)C)[C@H]1[C@H]2C. The largest absolute Gasteiger partial charge is 0.396 e. The zero-order chi connectivity index (χ0) is 12.8. The van der Waals surface area contributed by atoms with Crippen LogP contribution in [0.25, 0.3) is 0 Å². The summed E-state index contributed by atoms with van der Waals surface area (Å²) in [5.41, 5.74) is 1.39. The second kappa shape index (κ2) is 4.40. The zero-order valence-corrected chi connectivity index (χ0v) is 11.7. The third kappa shape index (κ3) is 1.77. The molecule has 0 amide bonds. The lowest BCUT2D eigenvalue weighted by molar-refractivity contribution is -0.174. The Bertz CT molecular complexity index is 321. The molecule has 5 atom stereocenters. The molecule has 0 aromatic carbocycles. The highest BCUT2D eigenvalue weighted by atomic mass is 16.5. The lowest BCUT2D eigenvalue weighted by atomic mass is 9.55. The molecule has 0 aromatic rings. The van der Waals surface area contributed by atoms with Gasteiger partial charge in [-0.1, -0.05) is 39.3 Å². The predicted molar refractivity (Wildman–Crippen MR) is 69.7 cm³/mol. The van der Waals surface area contributed by atoms with Crippen LogP contribution in [0.5, 0.6) is 0 Å². The molecule has 0 aromatic heterocycles. The van der Waals surface area contributed by atoms with Crippen LogP contribution in [0.15, 0.2) is 11.6 Å². The van der Waals surface area contributed by atoms with Crippen LogP contribution in [0, 0.1) is 29.1 Å². The van der Waals surface area contributed by atoms with Crippen molar-refractivity contribution in [3.63, 3.8) is 0 Å². The molecule has 1 saturated heterocycles. The highest BCUT2D eigenvalue weighted by molar-refractivity contribution is 5.21. The van der Waals surface area contributed by atoms with Gasteiger partial charge in [-0.05, 0) is 24.7 Å². The lowest BCUT2D eigenvalue weighted by Crippen LogP contribution is -2.57. The third-order valence-corrected chi connectivity index (χ3v) is 5.24. The summed E-state index contributed by atoms with van der Waals surface area (Å²) in [6, 6.07) is 0. The second-order valence-corrected chi connectivity index (χ2v) is 6.42. The fourth-order valence-electron chi connectivity index (χ4n) is 3.94. The van der Waals surface area contributed by atoms with Crippen LogP contribution >= 0.6 is 0 Å². The second-order valence-electron chi connectivity index (χ2n) is 6.42. The first-order chi connectivity index (χ1) is 7.94. The molecule has 2 bridgehead atoms. The summed E-state index contributed by atoms with van der Waals surface area (Å²) in [4.78, 5) is 0. The molecule has 0 saturated carbocycles. The Morgan fingerprint density at radius 1 is 1.47 bits per heavy atom. The number of hydrogen-bond acceptors (Lipinski definition) is 2. The fraction of sp³-hybridized carbons (Fsp3) is 0.867. The quantitative estimate of drug-likeness (QED) is 0.750. The Balaban J connectivity index is 2.41. The molecular formula is C15H26O2. The van der Waals surface area contributed by atoms with E-state index in [1.54, 1.807) is 0 Å². The standard InChI is InChI=1S/C15H26O2/c1-9(2)14-13-10(3)6-11(4)15(7-16,8-17-14)12(13)5/h6,9,11-14,16H,7-8H2,1-5H3/t11-,12+,13+,14+,15+/m0/s1. The molecule has 17 heavy (non-hydrogen) atoms. The van der Waals surface area contributed by atoms with Crippen LogP contribution < -0.4 is 0 Å². The summed E-state index contributed by atoms with van der Waals surface area (Å²) in [5.74, 6) is 1.93. The van der Waals surface area contributed by atoms with Crippen LogP contribution in [0.3, 0.4) is 0 Å². The maximum atomic E-state index is 9.84. The van der Waals surface area contributed by atoms with E-state index in [1.165, 1.54) is 5.57 Å². The number of aliphatic hydroxyl groups is 1. The molecule has 2 aliphatic rings. The van der Waals surface area contributed by atoms with Crippen molar-refractivity contribution in [3.8, 4) is 0 Å². The molecule has 0 unspecified atom stereocenters. The smallest absolute Gasteiger partial charge is 0.0666 e. The minimum atomic E-state index is -0.0600. The highest BCUT2D eigenvalue weighted by Crippen LogP contribution is 2.53. The average molecular weight is 238 g/mol. The van der Waals surface area contributed by atoms with Gasteiger partial charge in [-0.15, -0.1) is 0 Å². The molecular weight excluding hydrogens is 212 g/mol. The van der Waals surface area contributed by atoms with Crippen LogP contribution in [0.2, 0.25) is 0 Å². The lowest BCUT2D eigenvalue weighted by Gasteiger charge is -2.55. The maximum absolute atomic E-state index is 9.84. The number of aliphatic hydroxyl groups excluding tert-OH is 1. The van der Waals surface area contributed by atoms with Crippen molar-refractivity contribution < 1.29 is 9.84 Å². The fourth-order valence-corrected chi connectivity index (χ4v) is 3.94. The predicted octanol–water partition coefficient (Wildman–Crippen LogP) is 2.87. The first kappa shape index (κ1) is 13.1. The molecule has 1 N–H and O–H groups in total. The number of hydrogen-bond donors (Lipinski definition) is 1. The van der Waals surface area contributed by atoms with Gasteiger partial charge in [-0.2, -0.15) is 0 Å². The average Bonchev–Trinajstić information content (AvgIpc) is 2.26. The van der Waals surface area contributed by atoms with Crippen molar-refractivity contribution in [1.29, 1.82) is 0 Å². The van der Waals surface area contributed by atoms with Gasteiger partial charge in [0, 0.05) is 11.3 Å². The van der Waals surface area contributed by atoms with E-state index in [0.717, 1.165) is 0 Å². The topological polar surface area (TPSA) is 29.5 Å². The van der Waals surface area contributed by atoms with Crippen molar-refractivity contribution >= 4 is 0 Å². The van der Waals surface area contributed by atoms with E-state index in [9.17, 15) is 5.11 Å². The van der Waals surface area contributed by atoms with Gasteiger partial charge in [-0.25, -0.2) is 0 Å². The Hall–Kier alpha value is -0.340. The molecule has 1 aliphatic heterocycles. The van der Waals surface area contributed by atoms with Gasteiger partial charge in [0.1, 0.15) is 0 Å². The van der Waals surface area contributed by atoms with Crippen molar-refractivity contribution in [2.75, 3.05) is 13.2 Å². The Morgan fingerprint density at radius 2 is 2.12 bits per heavy atom. The van der Waals surface area contributed by atoms with E-state index < -0.39 is 0 Å². The molecule has 2 heteroatoms. The molecule has 1 fully saturated rings. The van der Waals surface area contributed by atoms with E-state index in [0.29, 0.717) is 36.4 Å². The van der Waals surface area contributed by atoms with Gasteiger partial charge >= 0.3 is 0 Å². The normalized spacial score (nSPS) is 45.9. The van der Waals surface area contributed by atoms with Crippen LogP contribution in [-0.2, 0) is 4.74 Å². The van der Waals surface area contributed by atoms with Gasteiger partial charge in [-0.3, -0.25) is 0 Å². The molecule has 0 radical (unpaired) electrons. The molecule has 1 heterocycles. The molecule has 98 valence electrons. The molecule has 2 rings (SSSR count). The van der Waals surface area contributed by atoms with Crippen molar-refractivity contribution in [1.82, 2.24) is 0 Å². The van der Waals surface area contributed by atoms with Gasteiger partial charge in [0.25, 0.3) is 0 Å². The number of fused-ring (bicyclic) bond motifs is 2. The number of allylic oxidation sites excluding steroid dienone is 1. The van der Waals surface area contributed by atoms with Crippen LogP contribution in [0.1, 0.15) is 34.6 Å². The summed E-state index contributed by atoms with van der Waals surface area (Å²) in [5, 5.41) is 9.84. The van der Waals surface area contributed by atoms with Gasteiger partial charge in [0.15, 0.2) is 0 Å². The van der Waals surface area contributed by atoms with E-state index >= 15 is 0 Å². The van der Waals surface area contributed by atoms with Crippen LogP contribution in [-0.4, -0.2) is 24.4 Å². The highest BCUT2D eigenvalue weighted by Gasteiger charge is 2.53. The summed E-state index contributed by atoms with van der Waals surface area (Å²) in [7, 11) is 0. The number of ether oxygens (including phenoxy) is 1. The van der Waals surface area contributed by atoms with E-state index in [1.807, 2.05) is 0 Å². The van der Waals surface area contributed by atoms with Crippen molar-refractivity contribution in [2.24, 2.45) is 29.1 Å². The summed E-state index contributed by atoms with van der Waals surface area (Å²) in [6.07, 6.45) is 2.67. The van der Waals surface area contributed by atoms with Crippen LogP contribution in [0.4, 0.5) is 0 Å². The Morgan fingerprint density at radius 3 is 2.65 bits per heavy atom. The molecule has 2 nitrogen and oxygen atoms in total. The summed E-state index contributed by atoms with van der Waals surface area (Å²) in [6.45, 7) is 12.1. The first-order valence-electron chi connectivity index (χ1n) is 6.85. The first-order valence-corrected chi connectivity index (χ1v) is 6.85. The monoisotopic (exact) mass is 238 g/mol. The molecule has 1 aliphatic carbocycles. The zero-order valence-electron chi connectivity index (χ0n) is 11.7. The van der Waals surface area contributed by atoms with E-state index in [2.05, 4.69) is 40.7 Å². The third-order valence-electron chi connectivity index (χ3n) is 5.24. The van der Waals surface area contributed by atoms with Gasteiger partial charge in [0.2, 0.25) is 0 Å². The van der Waals surface area contributed by atoms with Gasteiger partial charge in [0.05, 0.1) is 19.3 Å². The van der Waals surface area contributed by atoms with Gasteiger partial charge < -0.3 is 9.84 Å². The molecule has 0 spiro atoms. The van der Waals surface area contributed by atoms with Crippen molar-refractivity contribution in [2.45, 2.75) is 40.7 Å². The minimum absolute atomic E-state index is 0.0600. The minimum Gasteiger partial charge on any atom is -0.396 e. The van der Waals surface area contributed by atoms with E-state index in [4.69, 9.17) is 4.74 Å². The number of rotatable bonds is 2. The van der Waals surface area contributed by atoms with Crippen molar-refractivity contribution in [3.05, 3.63) is 11.6 Å².